The molecule has 2 aromatic rings. The second-order valence-corrected chi connectivity index (χ2v) is 6.71. The van der Waals surface area contributed by atoms with Gasteiger partial charge in [-0.3, -0.25) is 19.3 Å². The van der Waals surface area contributed by atoms with Gasteiger partial charge >= 0.3 is 0 Å². The van der Waals surface area contributed by atoms with Crippen molar-refractivity contribution in [1.29, 1.82) is 0 Å². The molecule has 2 N–H and O–H groups in total. The minimum atomic E-state index is -0.749. The zero-order chi connectivity index (χ0) is 19.4. The van der Waals surface area contributed by atoms with Crippen LogP contribution in [0.4, 0.5) is 9.18 Å². The van der Waals surface area contributed by atoms with Gasteiger partial charge in [0.25, 0.3) is 11.1 Å². The second-order valence-electron chi connectivity index (χ2n) is 5.72. The highest BCUT2D eigenvalue weighted by Crippen LogP contribution is 2.32. The van der Waals surface area contributed by atoms with Gasteiger partial charge in [0.1, 0.15) is 24.7 Å². The number of hydrogen-bond donors (Lipinski definition) is 1. The van der Waals surface area contributed by atoms with Crippen molar-refractivity contribution in [2.75, 3.05) is 6.54 Å². The van der Waals surface area contributed by atoms with E-state index in [1.54, 1.807) is 42.5 Å². The van der Waals surface area contributed by atoms with Gasteiger partial charge in [0, 0.05) is 0 Å². The maximum absolute atomic E-state index is 12.9. The summed E-state index contributed by atoms with van der Waals surface area (Å²) in [6.45, 7) is -0.135. The van der Waals surface area contributed by atoms with Crippen LogP contribution in [0.25, 0.3) is 6.08 Å². The summed E-state index contributed by atoms with van der Waals surface area (Å²) in [7, 11) is 0. The number of benzene rings is 2. The van der Waals surface area contributed by atoms with E-state index in [2.05, 4.69) is 0 Å². The summed E-state index contributed by atoms with van der Waals surface area (Å²) < 4.78 is 18.5. The minimum Gasteiger partial charge on any atom is -0.489 e. The summed E-state index contributed by atoms with van der Waals surface area (Å²) in [4.78, 5) is 35.9. The van der Waals surface area contributed by atoms with Crippen molar-refractivity contribution in [2.24, 2.45) is 5.73 Å². The monoisotopic (exact) mass is 386 g/mol. The van der Waals surface area contributed by atoms with Gasteiger partial charge in [-0.2, -0.15) is 0 Å². The first-order chi connectivity index (χ1) is 12.9. The van der Waals surface area contributed by atoms with Crippen molar-refractivity contribution in [3.63, 3.8) is 0 Å². The van der Waals surface area contributed by atoms with E-state index in [1.165, 1.54) is 12.1 Å². The number of rotatable bonds is 6. The lowest BCUT2D eigenvalue weighted by Crippen LogP contribution is -2.36. The van der Waals surface area contributed by atoms with Crippen LogP contribution in [0.3, 0.4) is 0 Å². The Hall–Kier alpha value is -3.13. The highest BCUT2D eigenvalue weighted by Gasteiger charge is 2.35. The Morgan fingerprint density at radius 2 is 1.78 bits per heavy atom. The summed E-state index contributed by atoms with van der Waals surface area (Å²) in [6.07, 6.45) is 1.57. The molecule has 0 atom stereocenters. The number of carbonyl (C=O) groups excluding carboxylic acids is 3. The number of nitrogens with two attached hydrogens (primary N) is 1. The molecule has 1 aliphatic rings. The third kappa shape index (κ3) is 4.73. The molecule has 3 rings (SSSR count). The van der Waals surface area contributed by atoms with Crippen molar-refractivity contribution >= 4 is 34.9 Å². The van der Waals surface area contributed by atoms with Crippen LogP contribution in [0.15, 0.2) is 53.4 Å². The van der Waals surface area contributed by atoms with Gasteiger partial charge in [-0.1, -0.05) is 24.3 Å². The highest BCUT2D eigenvalue weighted by atomic mass is 32.2. The standard InChI is InChI=1S/C19H15FN2O4S/c20-14-5-1-13(2-6-14)11-26-15-7-3-12(4-8-15)9-16-18(24)22(10-17(21)23)19(25)27-16/h1-9H,10-11H2,(H2,21,23)/b16-9-. The van der Waals surface area contributed by atoms with E-state index in [4.69, 9.17) is 10.5 Å². The first kappa shape index (κ1) is 18.7. The van der Waals surface area contributed by atoms with Crippen LogP contribution < -0.4 is 10.5 Å². The zero-order valence-electron chi connectivity index (χ0n) is 14.1. The van der Waals surface area contributed by atoms with Gasteiger partial charge in [0.2, 0.25) is 5.91 Å². The lowest BCUT2D eigenvalue weighted by atomic mass is 10.2. The van der Waals surface area contributed by atoms with Crippen LogP contribution in [-0.4, -0.2) is 28.5 Å². The largest absolute Gasteiger partial charge is 0.489 e. The average molecular weight is 386 g/mol. The second kappa shape index (κ2) is 8.05. The fourth-order valence-electron chi connectivity index (χ4n) is 2.35. The Balaban J connectivity index is 1.64. The average Bonchev–Trinajstić information content (AvgIpc) is 2.89. The quantitative estimate of drug-likeness (QED) is 0.771. The molecule has 27 heavy (non-hydrogen) atoms. The van der Waals surface area contributed by atoms with Gasteiger partial charge in [-0.05, 0) is 53.2 Å². The lowest BCUT2D eigenvalue weighted by molar-refractivity contribution is -0.127. The summed E-state index contributed by atoms with van der Waals surface area (Å²) in [5.41, 5.74) is 6.58. The molecular weight excluding hydrogens is 371 g/mol. The maximum Gasteiger partial charge on any atom is 0.294 e. The van der Waals surface area contributed by atoms with Crippen LogP contribution in [-0.2, 0) is 16.2 Å². The van der Waals surface area contributed by atoms with E-state index in [-0.39, 0.29) is 10.7 Å². The van der Waals surface area contributed by atoms with E-state index < -0.39 is 23.6 Å². The van der Waals surface area contributed by atoms with Crippen LogP contribution in [0.2, 0.25) is 0 Å². The van der Waals surface area contributed by atoms with Crippen molar-refractivity contribution in [1.82, 2.24) is 4.90 Å². The minimum absolute atomic E-state index is 0.223. The molecule has 0 spiro atoms. The summed E-state index contributed by atoms with van der Waals surface area (Å²) in [5, 5.41) is -0.524. The van der Waals surface area contributed by atoms with Crippen molar-refractivity contribution < 1.29 is 23.5 Å². The number of hydrogen-bond acceptors (Lipinski definition) is 5. The molecule has 1 aliphatic heterocycles. The molecule has 8 heteroatoms. The van der Waals surface area contributed by atoms with E-state index >= 15 is 0 Å². The molecule has 0 unspecified atom stereocenters. The number of halogens is 1. The number of thioether (sulfide) groups is 1. The van der Waals surface area contributed by atoms with Crippen LogP contribution in [0.1, 0.15) is 11.1 Å². The number of nitrogens with zero attached hydrogens (tertiary/aromatic N) is 1. The Morgan fingerprint density at radius 3 is 2.41 bits per heavy atom. The Kier molecular flexibility index (Phi) is 5.56. The Bertz CT molecular complexity index is 910. The highest BCUT2D eigenvalue weighted by molar-refractivity contribution is 8.18. The summed E-state index contributed by atoms with van der Waals surface area (Å²) in [5.74, 6) is -0.983. The molecule has 0 radical (unpaired) electrons. The molecule has 0 aliphatic carbocycles. The zero-order valence-corrected chi connectivity index (χ0v) is 14.9. The first-order valence-electron chi connectivity index (χ1n) is 7.93. The first-order valence-corrected chi connectivity index (χ1v) is 8.75. The van der Waals surface area contributed by atoms with E-state index in [0.29, 0.717) is 17.9 Å². The van der Waals surface area contributed by atoms with Gasteiger partial charge in [0.15, 0.2) is 0 Å². The molecule has 138 valence electrons. The van der Waals surface area contributed by atoms with E-state index in [1.807, 2.05) is 0 Å². The SMILES string of the molecule is NC(=O)CN1C(=O)S/C(=C\c2ccc(OCc3ccc(F)cc3)cc2)C1=O. The molecule has 0 bridgehead atoms. The van der Waals surface area contributed by atoms with Gasteiger partial charge < -0.3 is 10.5 Å². The number of amides is 3. The molecule has 1 fully saturated rings. The number of carbonyl (C=O) groups is 3. The topological polar surface area (TPSA) is 89.7 Å². The van der Waals surface area contributed by atoms with E-state index in [9.17, 15) is 18.8 Å². The van der Waals surface area contributed by atoms with Gasteiger partial charge in [-0.15, -0.1) is 0 Å². The summed E-state index contributed by atoms with van der Waals surface area (Å²) >= 11 is 0.760. The molecule has 3 amide bonds. The third-order valence-electron chi connectivity index (χ3n) is 3.68. The predicted octanol–water partition coefficient (Wildman–Crippen LogP) is 2.93. The van der Waals surface area contributed by atoms with Gasteiger partial charge in [0.05, 0.1) is 4.91 Å². The number of imide groups is 1. The smallest absolute Gasteiger partial charge is 0.294 e. The third-order valence-corrected chi connectivity index (χ3v) is 4.59. The lowest BCUT2D eigenvalue weighted by Gasteiger charge is -2.08. The number of ether oxygens (including phenoxy) is 1. The van der Waals surface area contributed by atoms with Gasteiger partial charge in [-0.25, -0.2) is 4.39 Å². The molecule has 1 heterocycles. The van der Waals surface area contributed by atoms with Crippen LogP contribution in [0, 0.1) is 5.82 Å². The van der Waals surface area contributed by atoms with Crippen molar-refractivity contribution in [3.05, 3.63) is 70.4 Å². The Morgan fingerprint density at radius 1 is 1.11 bits per heavy atom. The maximum atomic E-state index is 12.9. The molecule has 0 aromatic heterocycles. The van der Waals surface area contributed by atoms with Crippen molar-refractivity contribution in [2.45, 2.75) is 6.61 Å². The van der Waals surface area contributed by atoms with Crippen molar-refractivity contribution in [3.8, 4) is 5.75 Å². The van der Waals surface area contributed by atoms with E-state index in [0.717, 1.165) is 22.2 Å². The number of primary amides is 1. The fraction of sp³-hybridized carbons (Fsp3) is 0.105. The predicted molar refractivity (Wildman–Crippen MR) is 99.0 cm³/mol. The molecule has 1 saturated heterocycles. The Labute approximate surface area is 158 Å². The van der Waals surface area contributed by atoms with Crippen LogP contribution in [0.5, 0.6) is 5.75 Å². The normalized spacial score (nSPS) is 15.4. The molecule has 6 nitrogen and oxygen atoms in total. The summed E-state index contributed by atoms with van der Waals surface area (Å²) in [6, 6.07) is 13.0. The van der Waals surface area contributed by atoms with Crippen LogP contribution >= 0.6 is 11.8 Å². The molecule has 2 aromatic carbocycles. The molecular formula is C19H15FN2O4S. The molecule has 0 saturated carbocycles. The fourth-order valence-corrected chi connectivity index (χ4v) is 3.19.